The molecule has 2 rings (SSSR count). The Hall–Kier alpha value is -2.65. The van der Waals surface area contributed by atoms with E-state index in [1.165, 1.54) is 12.1 Å². The SMILES string of the molecule is CC.CC(C)(C)c1cc(-c2cc(C#N)c(F)c(C#N)c2)cc(C(C)(C)C)c1. The van der Waals surface area contributed by atoms with Crippen LogP contribution >= 0.6 is 0 Å². The van der Waals surface area contributed by atoms with Gasteiger partial charge in [0.05, 0.1) is 11.1 Å². The van der Waals surface area contributed by atoms with Crippen LogP contribution in [0.2, 0.25) is 0 Å². The summed E-state index contributed by atoms with van der Waals surface area (Å²) in [6.45, 7) is 16.9. The van der Waals surface area contributed by atoms with Crippen LogP contribution in [0.25, 0.3) is 11.1 Å². The topological polar surface area (TPSA) is 47.6 Å². The van der Waals surface area contributed by atoms with Crippen molar-refractivity contribution in [3.8, 4) is 23.3 Å². The first-order valence-corrected chi connectivity index (χ1v) is 9.27. The van der Waals surface area contributed by atoms with E-state index in [-0.39, 0.29) is 22.0 Å². The first-order valence-electron chi connectivity index (χ1n) is 9.27. The molecule has 0 saturated heterocycles. The highest BCUT2D eigenvalue weighted by Gasteiger charge is 2.21. The van der Waals surface area contributed by atoms with Crippen molar-refractivity contribution in [2.24, 2.45) is 0 Å². The minimum atomic E-state index is -0.753. The second-order valence-corrected chi connectivity index (χ2v) is 8.41. The zero-order valence-electron chi connectivity index (χ0n) is 17.7. The minimum Gasteiger partial charge on any atom is -0.204 e. The van der Waals surface area contributed by atoms with Crippen molar-refractivity contribution in [1.29, 1.82) is 10.5 Å². The molecule has 0 fully saturated rings. The summed E-state index contributed by atoms with van der Waals surface area (Å²) in [7, 11) is 0. The molecule has 0 amide bonds. The molecule has 0 aliphatic heterocycles. The van der Waals surface area contributed by atoms with Crippen LogP contribution in [0, 0.1) is 28.5 Å². The number of benzene rings is 2. The Labute approximate surface area is 163 Å². The quantitative estimate of drug-likeness (QED) is 0.555. The molecule has 2 nitrogen and oxygen atoms in total. The maximum Gasteiger partial charge on any atom is 0.158 e. The maximum absolute atomic E-state index is 14.1. The molecule has 0 atom stereocenters. The second kappa shape index (κ2) is 8.36. The first-order chi connectivity index (χ1) is 12.5. The summed E-state index contributed by atoms with van der Waals surface area (Å²) in [6, 6.07) is 13.0. The number of halogens is 1. The molecular weight excluding hydrogens is 335 g/mol. The van der Waals surface area contributed by atoms with Crippen LogP contribution in [0.5, 0.6) is 0 Å². The molecule has 0 N–H and O–H groups in total. The fourth-order valence-electron chi connectivity index (χ4n) is 2.61. The normalized spacial score (nSPS) is 11.1. The van der Waals surface area contributed by atoms with E-state index in [1.54, 1.807) is 0 Å². The van der Waals surface area contributed by atoms with Gasteiger partial charge in [0.1, 0.15) is 12.1 Å². The fourth-order valence-corrected chi connectivity index (χ4v) is 2.61. The third-order valence-corrected chi connectivity index (χ3v) is 4.31. The van der Waals surface area contributed by atoms with E-state index in [4.69, 9.17) is 0 Å². The largest absolute Gasteiger partial charge is 0.204 e. The van der Waals surface area contributed by atoms with E-state index < -0.39 is 5.82 Å². The van der Waals surface area contributed by atoms with Crippen molar-refractivity contribution in [2.75, 3.05) is 0 Å². The van der Waals surface area contributed by atoms with Gasteiger partial charge in [0.25, 0.3) is 0 Å². The molecule has 27 heavy (non-hydrogen) atoms. The van der Waals surface area contributed by atoms with Gasteiger partial charge in [-0.1, -0.05) is 73.6 Å². The highest BCUT2D eigenvalue weighted by molar-refractivity contribution is 5.70. The monoisotopic (exact) mass is 364 g/mol. The third-order valence-electron chi connectivity index (χ3n) is 4.31. The number of rotatable bonds is 1. The van der Waals surface area contributed by atoms with Crippen molar-refractivity contribution in [3.63, 3.8) is 0 Å². The summed E-state index contributed by atoms with van der Waals surface area (Å²) >= 11 is 0. The van der Waals surface area contributed by atoms with Crippen molar-refractivity contribution in [1.82, 2.24) is 0 Å². The molecule has 0 saturated carbocycles. The number of nitrogens with zero attached hydrogens (tertiary/aromatic N) is 2. The van der Waals surface area contributed by atoms with E-state index in [9.17, 15) is 14.9 Å². The van der Waals surface area contributed by atoms with Crippen molar-refractivity contribution < 1.29 is 4.39 Å². The van der Waals surface area contributed by atoms with Gasteiger partial charge >= 0.3 is 0 Å². The molecule has 2 aromatic rings. The van der Waals surface area contributed by atoms with Crippen molar-refractivity contribution in [3.05, 3.63) is 58.4 Å². The van der Waals surface area contributed by atoms with E-state index in [0.29, 0.717) is 5.56 Å². The maximum atomic E-state index is 14.1. The smallest absolute Gasteiger partial charge is 0.158 e. The van der Waals surface area contributed by atoms with Crippen LogP contribution in [0.1, 0.15) is 77.6 Å². The molecule has 2 aromatic carbocycles. The summed E-state index contributed by atoms with van der Waals surface area (Å²) in [4.78, 5) is 0. The van der Waals surface area contributed by atoms with Gasteiger partial charge in [0.2, 0.25) is 0 Å². The molecule has 0 spiro atoms. The van der Waals surface area contributed by atoms with Crippen LogP contribution < -0.4 is 0 Å². The summed E-state index contributed by atoms with van der Waals surface area (Å²) < 4.78 is 14.1. The summed E-state index contributed by atoms with van der Waals surface area (Å²) in [5.41, 5.74) is 3.60. The average Bonchev–Trinajstić information content (AvgIpc) is 2.61. The molecule has 0 aliphatic carbocycles. The molecule has 0 unspecified atom stereocenters. The lowest BCUT2D eigenvalue weighted by atomic mass is 9.79. The Morgan fingerprint density at radius 3 is 1.30 bits per heavy atom. The Morgan fingerprint density at radius 1 is 0.667 bits per heavy atom. The summed E-state index contributed by atoms with van der Waals surface area (Å²) in [6.07, 6.45) is 0. The number of hydrogen-bond donors (Lipinski definition) is 0. The number of hydrogen-bond acceptors (Lipinski definition) is 2. The van der Waals surface area contributed by atoms with Crippen molar-refractivity contribution >= 4 is 0 Å². The van der Waals surface area contributed by atoms with E-state index in [1.807, 2.05) is 26.0 Å². The molecular formula is C24H29FN2. The van der Waals surface area contributed by atoms with Gasteiger partial charge in [-0.25, -0.2) is 4.39 Å². The van der Waals surface area contributed by atoms with Crippen molar-refractivity contribution in [2.45, 2.75) is 66.2 Å². The Bertz CT molecular complexity index is 831. The lowest BCUT2D eigenvalue weighted by Crippen LogP contribution is -2.16. The lowest BCUT2D eigenvalue weighted by Gasteiger charge is -2.26. The molecule has 0 aromatic heterocycles. The summed E-state index contributed by atoms with van der Waals surface area (Å²) in [5, 5.41) is 18.4. The minimum absolute atomic E-state index is 0.0494. The summed E-state index contributed by atoms with van der Waals surface area (Å²) in [5.74, 6) is -0.753. The Morgan fingerprint density at radius 2 is 1.00 bits per heavy atom. The lowest BCUT2D eigenvalue weighted by molar-refractivity contribution is 0.569. The highest BCUT2D eigenvalue weighted by Crippen LogP contribution is 2.34. The Kier molecular flexibility index (Phi) is 6.93. The zero-order valence-corrected chi connectivity index (χ0v) is 17.7. The first kappa shape index (κ1) is 22.4. The van der Waals surface area contributed by atoms with Crippen LogP contribution in [-0.2, 0) is 10.8 Å². The van der Waals surface area contributed by atoms with Crippen LogP contribution in [0.15, 0.2) is 30.3 Å². The molecule has 142 valence electrons. The predicted octanol–water partition coefficient (Wildman–Crippen LogP) is 6.86. The van der Waals surface area contributed by atoms with E-state index >= 15 is 0 Å². The van der Waals surface area contributed by atoms with E-state index in [2.05, 4.69) is 59.7 Å². The zero-order chi connectivity index (χ0) is 21.0. The second-order valence-electron chi connectivity index (χ2n) is 8.41. The molecule has 3 heteroatoms. The molecule has 0 radical (unpaired) electrons. The average molecular weight is 365 g/mol. The molecule has 0 bridgehead atoms. The van der Waals surface area contributed by atoms with Gasteiger partial charge in [-0.2, -0.15) is 10.5 Å². The Balaban J connectivity index is 0.00000176. The van der Waals surface area contributed by atoms with Gasteiger partial charge < -0.3 is 0 Å². The molecule has 0 heterocycles. The predicted molar refractivity (Wildman–Crippen MR) is 110 cm³/mol. The number of nitriles is 2. The van der Waals surface area contributed by atoms with Gasteiger partial charge in [-0.3, -0.25) is 0 Å². The van der Waals surface area contributed by atoms with Gasteiger partial charge in [-0.15, -0.1) is 0 Å². The van der Waals surface area contributed by atoms with E-state index in [0.717, 1.165) is 16.7 Å². The van der Waals surface area contributed by atoms with Gasteiger partial charge in [0, 0.05) is 0 Å². The van der Waals surface area contributed by atoms with Crippen LogP contribution in [-0.4, -0.2) is 0 Å². The van der Waals surface area contributed by atoms with Gasteiger partial charge in [0.15, 0.2) is 5.82 Å². The fraction of sp³-hybridized carbons (Fsp3) is 0.417. The third kappa shape index (κ3) is 5.18. The van der Waals surface area contributed by atoms with Crippen LogP contribution in [0.4, 0.5) is 4.39 Å². The van der Waals surface area contributed by atoms with Crippen LogP contribution in [0.3, 0.4) is 0 Å². The molecule has 0 aliphatic rings. The standard InChI is InChI=1S/C22H23FN2.C2H6/c1-21(2,3)18-9-15(10-19(11-18)22(4,5)6)14-7-16(12-24)20(23)17(8-14)13-25;1-2/h7-11H,1-6H3;1-2H3. The highest BCUT2D eigenvalue weighted by atomic mass is 19.1. The van der Waals surface area contributed by atoms with Gasteiger partial charge in [-0.05, 0) is 45.2 Å².